The Morgan fingerprint density at radius 3 is 2.95 bits per heavy atom. The van der Waals surface area contributed by atoms with Crippen LogP contribution in [0.4, 0.5) is 4.39 Å². The maximum Gasteiger partial charge on any atom is 0.208 e. The highest BCUT2D eigenvalue weighted by molar-refractivity contribution is 5.55. The van der Waals surface area contributed by atoms with Gasteiger partial charge in [0.2, 0.25) is 5.89 Å². The van der Waals surface area contributed by atoms with Crippen molar-refractivity contribution < 1.29 is 13.9 Å². The summed E-state index contributed by atoms with van der Waals surface area (Å²) in [6.45, 7) is 2.45. The summed E-state index contributed by atoms with van der Waals surface area (Å²) in [5, 5.41) is 16.1. The molecule has 3 rings (SSSR count). The summed E-state index contributed by atoms with van der Waals surface area (Å²) in [6.07, 6.45) is 2.62. The Balaban J connectivity index is 1.60. The Hall–Kier alpha value is -1.76. The maximum atomic E-state index is 12.9. The minimum absolute atomic E-state index is 0.164. The molecule has 118 valence electrons. The van der Waals surface area contributed by atoms with Gasteiger partial charge in [0.1, 0.15) is 5.82 Å². The first-order chi connectivity index (χ1) is 10.8. The highest BCUT2D eigenvalue weighted by Crippen LogP contribution is 2.21. The lowest BCUT2D eigenvalue weighted by Crippen LogP contribution is -2.48. The van der Waals surface area contributed by atoms with Gasteiger partial charge < -0.3 is 20.2 Å². The van der Waals surface area contributed by atoms with E-state index in [4.69, 9.17) is 4.42 Å². The van der Waals surface area contributed by atoms with Crippen LogP contribution < -0.4 is 10.6 Å². The molecule has 2 atom stereocenters. The van der Waals surface area contributed by atoms with Crippen molar-refractivity contribution >= 4 is 0 Å². The van der Waals surface area contributed by atoms with Gasteiger partial charge in [0.05, 0.1) is 12.7 Å². The molecule has 1 aliphatic rings. The van der Waals surface area contributed by atoms with E-state index in [1.54, 1.807) is 18.3 Å². The molecule has 2 heterocycles. The summed E-state index contributed by atoms with van der Waals surface area (Å²) >= 11 is 0. The number of aliphatic hydroxyl groups is 1. The fraction of sp³-hybridized carbons (Fsp3) is 0.438. The molecule has 2 aromatic rings. The number of nitrogens with one attached hydrogen (secondary N) is 2. The summed E-state index contributed by atoms with van der Waals surface area (Å²) in [7, 11) is 0. The lowest BCUT2D eigenvalue weighted by atomic mass is 9.94. The zero-order chi connectivity index (χ0) is 15.4. The van der Waals surface area contributed by atoms with Crippen molar-refractivity contribution in [3.63, 3.8) is 0 Å². The monoisotopic (exact) mass is 305 g/mol. The van der Waals surface area contributed by atoms with E-state index in [0.717, 1.165) is 25.1 Å². The molecular formula is C16H20FN3O2. The van der Waals surface area contributed by atoms with Gasteiger partial charge in [-0.05, 0) is 37.2 Å². The third kappa shape index (κ3) is 3.52. The van der Waals surface area contributed by atoms with E-state index in [1.165, 1.54) is 12.1 Å². The number of benzene rings is 1. The smallest absolute Gasteiger partial charge is 0.208 e. The van der Waals surface area contributed by atoms with Gasteiger partial charge in [-0.25, -0.2) is 9.37 Å². The van der Waals surface area contributed by atoms with Crippen molar-refractivity contribution in [1.29, 1.82) is 0 Å². The van der Waals surface area contributed by atoms with Gasteiger partial charge in [0.15, 0.2) is 5.76 Å². The zero-order valence-electron chi connectivity index (χ0n) is 12.3. The minimum Gasteiger partial charge on any atom is -0.439 e. The molecule has 1 aromatic carbocycles. The van der Waals surface area contributed by atoms with Crippen LogP contribution in [0.15, 0.2) is 34.9 Å². The summed E-state index contributed by atoms with van der Waals surface area (Å²) in [6, 6.07) is 6.39. The molecule has 0 radical (unpaired) electrons. The predicted octanol–water partition coefficient (Wildman–Crippen LogP) is 1.54. The van der Waals surface area contributed by atoms with E-state index in [0.29, 0.717) is 18.2 Å². The largest absolute Gasteiger partial charge is 0.439 e. The standard InChI is InChI=1S/C16H20FN3O2/c17-13-3-1-11(2-4-13)15-8-20-16(22-15)9-19-14-5-6-18-7-12(14)10-21/h1-4,8,12,14,18-19,21H,5-7,9-10H2. The van der Waals surface area contributed by atoms with Crippen LogP contribution in [-0.4, -0.2) is 35.8 Å². The second-order valence-electron chi connectivity index (χ2n) is 5.55. The van der Waals surface area contributed by atoms with Gasteiger partial charge in [0.25, 0.3) is 0 Å². The molecule has 0 saturated carbocycles. The van der Waals surface area contributed by atoms with Crippen molar-refractivity contribution in [2.45, 2.75) is 19.0 Å². The van der Waals surface area contributed by atoms with E-state index >= 15 is 0 Å². The van der Waals surface area contributed by atoms with E-state index in [1.807, 2.05) is 0 Å². The Morgan fingerprint density at radius 1 is 1.36 bits per heavy atom. The van der Waals surface area contributed by atoms with Crippen molar-refractivity contribution in [3.05, 3.63) is 42.2 Å². The molecule has 0 aliphatic carbocycles. The van der Waals surface area contributed by atoms with Gasteiger partial charge in [-0.3, -0.25) is 0 Å². The number of hydrogen-bond donors (Lipinski definition) is 3. The third-order valence-electron chi connectivity index (χ3n) is 4.04. The van der Waals surface area contributed by atoms with Crippen molar-refractivity contribution in [2.24, 2.45) is 5.92 Å². The van der Waals surface area contributed by atoms with Gasteiger partial charge in [-0.2, -0.15) is 0 Å². The molecule has 1 saturated heterocycles. The molecule has 22 heavy (non-hydrogen) atoms. The number of halogens is 1. The molecule has 3 N–H and O–H groups in total. The summed E-state index contributed by atoms with van der Waals surface area (Å²) in [4.78, 5) is 4.25. The molecule has 1 fully saturated rings. The van der Waals surface area contributed by atoms with Crippen LogP contribution in [0.3, 0.4) is 0 Å². The molecule has 1 aliphatic heterocycles. The van der Waals surface area contributed by atoms with Crippen molar-refractivity contribution in [1.82, 2.24) is 15.6 Å². The highest BCUT2D eigenvalue weighted by atomic mass is 19.1. The van der Waals surface area contributed by atoms with Crippen LogP contribution in [-0.2, 0) is 6.54 Å². The Bertz CT molecular complexity index is 600. The minimum atomic E-state index is -0.272. The van der Waals surface area contributed by atoms with Crippen LogP contribution in [0, 0.1) is 11.7 Å². The second-order valence-corrected chi connectivity index (χ2v) is 5.55. The lowest BCUT2D eigenvalue weighted by molar-refractivity contribution is 0.161. The summed E-state index contributed by atoms with van der Waals surface area (Å²) < 4.78 is 18.6. The first-order valence-corrected chi connectivity index (χ1v) is 7.52. The molecule has 0 spiro atoms. The molecule has 1 aromatic heterocycles. The highest BCUT2D eigenvalue weighted by Gasteiger charge is 2.24. The molecule has 0 bridgehead atoms. The van der Waals surface area contributed by atoms with Crippen molar-refractivity contribution in [3.8, 4) is 11.3 Å². The number of aliphatic hydroxyl groups excluding tert-OH is 1. The normalized spacial score (nSPS) is 21.9. The van der Waals surface area contributed by atoms with Crippen LogP contribution in [0.1, 0.15) is 12.3 Å². The first-order valence-electron chi connectivity index (χ1n) is 7.52. The summed E-state index contributed by atoms with van der Waals surface area (Å²) in [5.74, 6) is 1.15. The molecule has 6 heteroatoms. The predicted molar refractivity (Wildman–Crippen MR) is 80.6 cm³/mol. The van der Waals surface area contributed by atoms with Crippen LogP contribution >= 0.6 is 0 Å². The molecule has 0 amide bonds. The average Bonchev–Trinajstić information content (AvgIpc) is 3.03. The number of nitrogens with zero attached hydrogens (tertiary/aromatic N) is 1. The Kier molecular flexibility index (Phi) is 4.82. The first kappa shape index (κ1) is 15.1. The number of oxazole rings is 1. The van der Waals surface area contributed by atoms with E-state index in [-0.39, 0.29) is 24.4 Å². The zero-order valence-corrected chi connectivity index (χ0v) is 12.3. The number of aromatic nitrogens is 1. The van der Waals surface area contributed by atoms with Crippen LogP contribution in [0.25, 0.3) is 11.3 Å². The fourth-order valence-corrected chi connectivity index (χ4v) is 2.74. The van der Waals surface area contributed by atoms with Crippen LogP contribution in [0.5, 0.6) is 0 Å². The SMILES string of the molecule is OCC1CNCCC1NCc1ncc(-c2ccc(F)cc2)o1. The van der Waals surface area contributed by atoms with Crippen molar-refractivity contribution in [2.75, 3.05) is 19.7 Å². The van der Waals surface area contributed by atoms with E-state index in [9.17, 15) is 9.50 Å². The molecular weight excluding hydrogens is 285 g/mol. The van der Waals surface area contributed by atoms with E-state index in [2.05, 4.69) is 15.6 Å². The number of hydrogen-bond acceptors (Lipinski definition) is 5. The quantitative estimate of drug-likeness (QED) is 0.782. The average molecular weight is 305 g/mol. The van der Waals surface area contributed by atoms with E-state index < -0.39 is 0 Å². The van der Waals surface area contributed by atoms with Gasteiger partial charge in [-0.1, -0.05) is 0 Å². The second kappa shape index (κ2) is 7.00. The van der Waals surface area contributed by atoms with Gasteiger partial charge >= 0.3 is 0 Å². The fourth-order valence-electron chi connectivity index (χ4n) is 2.74. The van der Waals surface area contributed by atoms with Gasteiger partial charge in [-0.15, -0.1) is 0 Å². The molecule has 5 nitrogen and oxygen atoms in total. The number of rotatable bonds is 5. The Morgan fingerprint density at radius 2 is 2.18 bits per heavy atom. The summed E-state index contributed by atoms with van der Waals surface area (Å²) in [5.41, 5.74) is 0.801. The lowest BCUT2D eigenvalue weighted by Gasteiger charge is -2.31. The van der Waals surface area contributed by atoms with Gasteiger partial charge in [0, 0.05) is 30.7 Å². The topological polar surface area (TPSA) is 70.3 Å². The molecule has 2 unspecified atom stereocenters. The maximum absolute atomic E-state index is 12.9. The Labute approximate surface area is 128 Å². The number of piperidine rings is 1. The van der Waals surface area contributed by atoms with Crippen LogP contribution in [0.2, 0.25) is 0 Å². The third-order valence-corrected chi connectivity index (χ3v) is 4.04.